The molecule has 2 fully saturated rings. The van der Waals surface area contributed by atoms with Gasteiger partial charge in [-0.2, -0.15) is 20.5 Å². The summed E-state index contributed by atoms with van der Waals surface area (Å²) in [7, 11) is 0. The number of carbonyl (C=O) groups is 1. The fourth-order valence-electron chi connectivity index (χ4n) is 7.60. The number of halogens is 6. The van der Waals surface area contributed by atoms with E-state index in [1.807, 2.05) is 17.0 Å². The zero-order valence-electron chi connectivity index (χ0n) is 29.7. The minimum Gasteiger partial charge on any atom is -0.489 e. The number of rotatable bonds is 8. The highest BCUT2D eigenvalue weighted by atomic mass is 35.5. The van der Waals surface area contributed by atoms with E-state index in [1.165, 1.54) is 12.1 Å². The number of nitrogens with one attached hydrogen (secondary N) is 1. The van der Waals surface area contributed by atoms with Gasteiger partial charge in [0.05, 0.1) is 44.9 Å². The molecule has 5 heterocycles. The number of hydrogen-bond donors (Lipinski definition) is 1. The standard InChI is InChI=1S/C37H33ClF5N7O4S/c1-36(2,3)54-35(51)48-33-21(13-45)24-20(7-8-22(40)31(24)55-33)25-27(38)30-26-29(28(25)43)46-34(53-17-37-9-5-11-49(37)14-18(39)12-37)47-32(26)50(15-23(41)42)19(16-52-30)6-4-10-44/h4,6-8,18-19,23H,5,9,11-12,14-17H2,1-3H3,(H,48,51)/b6-4+/t18-,19+,37+/m1/s1. The molecule has 3 aliphatic heterocycles. The lowest BCUT2D eigenvalue weighted by Crippen LogP contribution is -2.43. The van der Waals surface area contributed by atoms with Crippen LogP contribution in [0, 0.1) is 34.3 Å². The molecular weight excluding hydrogens is 769 g/mol. The normalized spacial score (nSPS) is 21.1. The summed E-state index contributed by atoms with van der Waals surface area (Å²) in [6, 6.07) is 4.64. The number of hydrogen-bond acceptors (Lipinski definition) is 11. The molecule has 11 nitrogen and oxygen atoms in total. The molecule has 7 rings (SSSR count). The Bertz CT molecular complexity index is 2320. The first-order chi connectivity index (χ1) is 26.1. The molecule has 2 aromatic carbocycles. The molecule has 2 saturated heterocycles. The van der Waals surface area contributed by atoms with Crippen LogP contribution in [0.5, 0.6) is 11.8 Å². The molecule has 55 heavy (non-hydrogen) atoms. The third-order valence-corrected chi connectivity index (χ3v) is 11.2. The van der Waals surface area contributed by atoms with E-state index in [2.05, 4.69) is 15.3 Å². The van der Waals surface area contributed by atoms with Gasteiger partial charge in [-0.15, -0.1) is 11.3 Å². The van der Waals surface area contributed by atoms with Crippen molar-refractivity contribution in [2.24, 2.45) is 0 Å². The Labute approximate surface area is 320 Å². The molecule has 0 saturated carbocycles. The van der Waals surface area contributed by atoms with Gasteiger partial charge in [-0.25, -0.2) is 26.7 Å². The number of fused-ring (bicyclic) bond motifs is 2. The molecule has 1 N–H and O–H groups in total. The second-order valence-electron chi connectivity index (χ2n) is 14.5. The van der Waals surface area contributed by atoms with Crippen LogP contribution in [0.3, 0.4) is 0 Å². The maximum Gasteiger partial charge on any atom is 0.412 e. The Hall–Kier alpha value is -4.97. The van der Waals surface area contributed by atoms with Crippen LogP contribution >= 0.6 is 22.9 Å². The van der Waals surface area contributed by atoms with E-state index in [-0.39, 0.29) is 79.9 Å². The summed E-state index contributed by atoms with van der Waals surface area (Å²) in [6.07, 6.45) is -0.853. The third kappa shape index (κ3) is 7.05. The average molecular weight is 802 g/mol. The van der Waals surface area contributed by atoms with Gasteiger partial charge in [-0.3, -0.25) is 10.2 Å². The number of allylic oxidation sites excluding steroid dienone is 1. The van der Waals surface area contributed by atoms with Crippen LogP contribution in [0.4, 0.5) is 37.6 Å². The van der Waals surface area contributed by atoms with E-state index < -0.39 is 65.6 Å². The zero-order valence-corrected chi connectivity index (χ0v) is 31.3. The van der Waals surface area contributed by atoms with Crippen molar-refractivity contribution < 1.29 is 41.0 Å². The van der Waals surface area contributed by atoms with Crippen LogP contribution in [0.15, 0.2) is 24.3 Å². The van der Waals surface area contributed by atoms with Crippen LogP contribution in [0.1, 0.15) is 45.6 Å². The number of carbonyl (C=O) groups excluding carboxylic acids is 1. The number of thiophene rings is 1. The van der Waals surface area contributed by atoms with E-state index in [0.29, 0.717) is 13.0 Å². The van der Waals surface area contributed by atoms with Crippen molar-refractivity contribution >= 4 is 60.8 Å². The van der Waals surface area contributed by atoms with Crippen LogP contribution < -0.4 is 19.7 Å². The topological polar surface area (TPSA) is 137 Å². The Balaban J connectivity index is 1.45. The lowest BCUT2D eigenvalue weighted by atomic mass is 9.95. The van der Waals surface area contributed by atoms with Gasteiger partial charge in [0.25, 0.3) is 6.43 Å². The molecule has 1 amide bonds. The third-order valence-electron chi connectivity index (χ3n) is 9.76. The van der Waals surface area contributed by atoms with Gasteiger partial charge in [0.15, 0.2) is 11.6 Å². The SMILES string of the molecule is CC(C)(C)OC(=O)Nc1sc2c(F)ccc(-c3c(Cl)c4c5c(nc(OC[C@@]67CCCN6C[C@H](F)C7)nc5c3F)N(CC(F)F)[C@@H](/C=C/C#N)CO4)c2c1C#N. The summed E-state index contributed by atoms with van der Waals surface area (Å²) in [5, 5.41) is 21.4. The summed E-state index contributed by atoms with van der Waals surface area (Å²) >= 11 is 7.71. The van der Waals surface area contributed by atoms with E-state index in [1.54, 1.807) is 20.8 Å². The molecular formula is C37H33ClF5N7O4S. The van der Waals surface area contributed by atoms with Crippen molar-refractivity contribution in [3.8, 4) is 35.0 Å². The van der Waals surface area contributed by atoms with E-state index in [0.717, 1.165) is 34.8 Å². The van der Waals surface area contributed by atoms with Crippen molar-refractivity contribution in [1.82, 2.24) is 14.9 Å². The molecule has 0 radical (unpaired) electrons. The van der Waals surface area contributed by atoms with Crippen LogP contribution in [0.2, 0.25) is 5.02 Å². The monoisotopic (exact) mass is 801 g/mol. The maximum atomic E-state index is 17.4. The molecule has 0 unspecified atom stereocenters. The van der Waals surface area contributed by atoms with Gasteiger partial charge in [-0.05, 0) is 57.9 Å². The van der Waals surface area contributed by atoms with Gasteiger partial charge in [0.1, 0.15) is 53.2 Å². The molecule has 18 heteroatoms. The second kappa shape index (κ2) is 14.6. The van der Waals surface area contributed by atoms with Crippen molar-refractivity contribution in [2.75, 3.05) is 43.1 Å². The molecule has 0 bridgehead atoms. The van der Waals surface area contributed by atoms with E-state index in [9.17, 15) is 28.5 Å². The molecule has 3 aliphatic rings. The molecule has 0 spiro atoms. The van der Waals surface area contributed by atoms with Gasteiger partial charge in [-0.1, -0.05) is 17.7 Å². The lowest BCUT2D eigenvalue weighted by Gasteiger charge is -2.31. The fourth-order valence-corrected chi connectivity index (χ4v) is 9.00. The lowest BCUT2D eigenvalue weighted by molar-refractivity contribution is 0.0636. The number of nitrogens with zero attached hydrogens (tertiary/aromatic N) is 6. The second-order valence-corrected chi connectivity index (χ2v) is 15.9. The molecule has 4 aromatic rings. The first kappa shape index (κ1) is 38.3. The molecule has 2 aromatic heterocycles. The predicted octanol–water partition coefficient (Wildman–Crippen LogP) is 8.53. The average Bonchev–Trinajstić information content (AvgIpc) is 3.74. The minimum atomic E-state index is -2.92. The highest BCUT2D eigenvalue weighted by molar-refractivity contribution is 7.23. The van der Waals surface area contributed by atoms with Crippen LogP contribution in [-0.4, -0.2) is 83.6 Å². The number of nitriles is 2. The van der Waals surface area contributed by atoms with Crippen molar-refractivity contribution in [2.45, 2.75) is 69.8 Å². The minimum absolute atomic E-state index is 0.0663. The summed E-state index contributed by atoms with van der Waals surface area (Å²) in [5.41, 5.74) is -2.65. The van der Waals surface area contributed by atoms with Gasteiger partial charge in [0.2, 0.25) is 0 Å². The van der Waals surface area contributed by atoms with Crippen LogP contribution in [0.25, 0.3) is 32.1 Å². The first-order valence-corrected chi connectivity index (χ1v) is 18.5. The van der Waals surface area contributed by atoms with Gasteiger partial charge in [0, 0.05) is 30.0 Å². The summed E-state index contributed by atoms with van der Waals surface area (Å²) < 4.78 is 93.3. The smallest absolute Gasteiger partial charge is 0.412 e. The quantitative estimate of drug-likeness (QED) is 0.136. The number of benzene rings is 2. The molecule has 0 aliphatic carbocycles. The molecule has 288 valence electrons. The van der Waals surface area contributed by atoms with Gasteiger partial charge >= 0.3 is 12.1 Å². The Morgan fingerprint density at radius 1 is 1.25 bits per heavy atom. The highest BCUT2D eigenvalue weighted by Crippen LogP contribution is 2.51. The van der Waals surface area contributed by atoms with Gasteiger partial charge < -0.3 is 19.1 Å². The number of aromatic nitrogens is 2. The summed E-state index contributed by atoms with van der Waals surface area (Å²) in [4.78, 5) is 24.7. The number of anilines is 2. The van der Waals surface area contributed by atoms with Crippen molar-refractivity contribution in [3.63, 3.8) is 0 Å². The fraction of sp³-hybridized carbons (Fsp3) is 0.432. The first-order valence-electron chi connectivity index (χ1n) is 17.3. The predicted molar refractivity (Wildman–Crippen MR) is 196 cm³/mol. The van der Waals surface area contributed by atoms with E-state index in [4.69, 9.17) is 25.8 Å². The largest absolute Gasteiger partial charge is 0.489 e. The van der Waals surface area contributed by atoms with Crippen molar-refractivity contribution in [1.29, 1.82) is 10.5 Å². The van der Waals surface area contributed by atoms with E-state index >= 15 is 8.78 Å². The number of amides is 1. The van der Waals surface area contributed by atoms with Crippen LogP contribution in [-0.2, 0) is 4.74 Å². The molecule has 3 atom stereocenters. The Kier molecular flexibility index (Phi) is 10.2. The highest BCUT2D eigenvalue weighted by Gasteiger charge is 2.49. The summed E-state index contributed by atoms with van der Waals surface area (Å²) in [5.74, 6) is -2.29. The zero-order chi connectivity index (χ0) is 39.4. The Morgan fingerprint density at radius 3 is 2.75 bits per heavy atom. The number of ether oxygens (including phenoxy) is 3. The number of alkyl halides is 3. The maximum absolute atomic E-state index is 17.4. The Morgan fingerprint density at radius 2 is 2.04 bits per heavy atom. The summed E-state index contributed by atoms with van der Waals surface area (Å²) in [6.45, 7) is 4.48. The van der Waals surface area contributed by atoms with Crippen molar-refractivity contribution in [3.05, 3.63) is 46.5 Å².